The average molecular weight is 344 g/mol. The van der Waals surface area contributed by atoms with Gasteiger partial charge in [0.1, 0.15) is 12.6 Å². The fraction of sp³-hybridized carbons (Fsp3) is 0.294. The zero-order valence-corrected chi connectivity index (χ0v) is 14.1. The first-order chi connectivity index (χ1) is 11.5. The second-order valence-electron chi connectivity index (χ2n) is 5.40. The smallest absolute Gasteiger partial charge is 0.329 e. The standard InChI is InChI=1S/C17H16N2O4S/c1-3-14-18-11(9-24-14)8-23-17(22)10(2)19-15(20)12-6-4-5-7-13(12)16(19)21/h4-7,9-10H,3,8H2,1-2H3/t10-/m0/s1. The summed E-state index contributed by atoms with van der Waals surface area (Å²) in [5.41, 5.74) is 1.29. The Hall–Kier alpha value is -2.54. The van der Waals surface area contributed by atoms with E-state index in [0.717, 1.165) is 16.3 Å². The van der Waals surface area contributed by atoms with Crippen molar-refractivity contribution in [2.24, 2.45) is 0 Å². The fourth-order valence-electron chi connectivity index (χ4n) is 2.51. The van der Waals surface area contributed by atoms with Gasteiger partial charge < -0.3 is 4.74 Å². The van der Waals surface area contributed by atoms with E-state index in [4.69, 9.17) is 4.74 Å². The summed E-state index contributed by atoms with van der Waals surface area (Å²) in [7, 11) is 0. The van der Waals surface area contributed by atoms with Crippen LogP contribution in [-0.2, 0) is 22.6 Å². The van der Waals surface area contributed by atoms with Crippen molar-refractivity contribution in [1.82, 2.24) is 9.88 Å². The number of benzene rings is 1. The minimum absolute atomic E-state index is 0.0306. The molecule has 2 aromatic rings. The van der Waals surface area contributed by atoms with Crippen molar-refractivity contribution >= 4 is 29.1 Å². The molecule has 0 fully saturated rings. The van der Waals surface area contributed by atoms with Gasteiger partial charge in [0.25, 0.3) is 11.8 Å². The number of carbonyl (C=O) groups excluding carboxylic acids is 3. The molecule has 0 saturated heterocycles. The number of fused-ring (bicyclic) bond motifs is 1. The van der Waals surface area contributed by atoms with Crippen LogP contribution in [0.3, 0.4) is 0 Å². The number of nitrogens with zero attached hydrogens (tertiary/aromatic N) is 2. The van der Waals surface area contributed by atoms with Crippen LogP contribution < -0.4 is 0 Å². The molecule has 0 spiro atoms. The SMILES string of the molecule is CCc1nc(COC(=O)[C@H](C)N2C(=O)c3ccccc3C2=O)cs1. The molecule has 0 radical (unpaired) electrons. The summed E-state index contributed by atoms with van der Waals surface area (Å²) < 4.78 is 5.21. The lowest BCUT2D eigenvalue weighted by molar-refractivity contribution is -0.149. The van der Waals surface area contributed by atoms with Crippen LogP contribution >= 0.6 is 11.3 Å². The van der Waals surface area contributed by atoms with E-state index in [2.05, 4.69) is 4.98 Å². The molecule has 0 saturated carbocycles. The highest BCUT2D eigenvalue weighted by Gasteiger charge is 2.41. The summed E-state index contributed by atoms with van der Waals surface area (Å²) in [5, 5.41) is 2.80. The Morgan fingerprint density at radius 1 is 1.25 bits per heavy atom. The van der Waals surface area contributed by atoms with E-state index in [1.54, 1.807) is 24.3 Å². The third-order valence-electron chi connectivity index (χ3n) is 3.82. The summed E-state index contributed by atoms with van der Waals surface area (Å²) in [6.45, 7) is 3.52. The van der Waals surface area contributed by atoms with Gasteiger partial charge in [0.05, 0.1) is 21.8 Å². The quantitative estimate of drug-likeness (QED) is 0.615. The highest BCUT2D eigenvalue weighted by molar-refractivity contribution is 7.09. The summed E-state index contributed by atoms with van der Waals surface area (Å²) in [5.74, 6) is -1.57. The molecular weight excluding hydrogens is 328 g/mol. The summed E-state index contributed by atoms with van der Waals surface area (Å²) in [6, 6.07) is 5.54. The number of rotatable bonds is 5. The largest absolute Gasteiger partial charge is 0.458 e. The number of esters is 1. The fourth-order valence-corrected chi connectivity index (χ4v) is 3.24. The number of hydrogen-bond donors (Lipinski definition) is 0. The molecule has 3 rings (SSSR count). The van der Waals surface area contributed by atoms with Gasteiger partial charge >= 0.3 is 5.97 Å². The summed E-state index contributed by atoms with van der Waals surface area (Å²) in [4.78, 5) is 42.2. The van der Waals surface area contributed by atoms with Gasteiger partial charge in [0.2, 0.25) is 0 Å². The van der Waals surface area contributed by atoms with Gasteiger partial charge in [-0.1, -0.05) is 19.1 Å². The molecule has 0 N–H and O–H groups in total. The maximum absolute atomic E-state index is 12.4. The molecule has 0 unspecified atom stereocenters. The molecule has 1 aromatic heterocycles. The highest BCUT2D eigenvalue weighted by atomic mass is 32.1. The van der Waals surface area contributed by atoms with Crippen molar-refractivity contribution in [2.75, 3.05) is 0 Å². The van der Waals surface area contributed by atoms with Crippen LogP contribution in [0.15, 0.2) is 29.6 Å². The molecule has 2 heterocycles. The van der Waals surface area contributed by atoms with Crippen molar-refractivity contribution in [2.45, 2.75) is 32.9 Å². The zero-order valence-electron chi connectivity index (χ0n) is 13.3. The predicted molar refractivity (Wildman–Crippen MR) is 87.7 cm³/mol. The van der Waals surface area contributed by atoms with Gasteiger partial charge in [0.15, 0.2) is 0 Å². The van der Waals surface area contributed by atoms with E-state index in [9.17, 15) is 14.4 Å². The predicted octanol–water partition coefficient (Wildman–Crippen LogP) is 2.43. The van der Waals surface area contributed by atoms with Crippen LogP contribution in [-0.4, -0.2) is 33.7 Å². The van der Waals surface area contributed by atoms with Crippen molar-refractivity contribution in [3.05, 3.63) is 51.5 Å². The molecule has 1 aliphatic rings. The van der Waals surface area contributed by atoms with E-state index in [-0.39, 0.29) is 6.61 Å². The van der Waals surface area contributed by atoms with Crippen molar-refractivity contribution in [3.8, 4) is 0 Å². The second-order valence-corrected chi connectivity index (χ2v) is 6.34. The Bertz CT molecular complexity index is 779. The Morgan fingerprint density at radius 3 is 2.42 bits per heavy atom. The first-order valence-electron chi connectivity index (χ1n) is 7.59. The van der Waals surface area contributed by atoms with E-state index in [0.29, 0.717) is 16.8 Å². The monoisotopic (exact) mass is 344 g/mol. The topological polar surface area (TPSA) is 76.6 Å². The molecule has 124 valence electrons. The number of imide groups is 1. The van der Waals surface area contributed by atoms with E-state index < -0.39 is 23.8 Å². The first kappa shape index (κ1) is 16.3. The van der Waals surface area contributed by atoms with Crippen LogP contribution in [0.25, 0.3) is 0 Å². The van der Waals surface area contributed by atoms with E-state index in [1.165, 1.54) is 18.3 Å². The van der Waals surface area contributed by atoms with Crippen LogP contribution in [0.4, 0.5) is 0 Å². The molecule has 6 nitrogen and oxygen atoms in total. The normalized spacial score (nSPS) is 14.7. The molecule has 2 amide bonds. The molecular formula is C17H16N2O4S. The molecule has 1 atom stereocenters. The molecule has 7 heteroatoms. The second kappa shape index (κ2) is 6.52. The van der Waals surface area contributed by atoms with Gasteiger partial charge in [0, 0.05) is 5.38 Å². The van der Waals surface area contributed by atoms with Crippen LogP contribution in [0.2, 0.25) is 0 Å². The molecule has 24 heavy (non-hydrogen) atoms. The molecule has 0 aliphatic carbocycles. The Kier molecular flexibility index (Phi) is 4.44. The van der Waals surface area contributed by atoms with E-state index in [1.807, 2.05) is 12.3 Å². The maximum atomic E-state index is 12.4. The lowest BCUT2D eigenvalue weighted by atomic mass is 10.1. The van der Waals surface area contributed by atoms with E-state index >= 15 is 0 Å². The van der Waals surface area contributed by atoms with Gasteiger partial charge in [-0.05, 0) is 25.5 Å². The Balaban J connectivity index is 1.68. The minimum Gasteiger partial charge on any atom is -0.458 e. The molecule has 1 aliphatic heterocycles. The van der Waals surface area contributed by atoms with Gasteiger partial charge in [-0.15, -0.1) is 11.3 Å². The van der Waals surface area contributed by atoms with Crippen LogP contribution in [0.5, 0.6) is 0 Å². The van der Waals surface area contributed by atoms with Gasteiger partial charge in [-0.2, -0.15) is 0 Å². The van der Waals surface area contributed by atoms with Crippen molar-refractivity contribution in [3.63, 3.8) is 0 Å². The zero-order chi connectivity index (χ0) is 17.3. The number of amides is 2. The summed E-state index contributed by atoms with van der Waals surface area (Å²) in [6.07, 6.45) is 0.823. The number of aryl methyl sites for hydroxylation is 1. The lowest BCUT2D eigenvalue weighted by Gasteiger charge is -2.20. The minimum atomic E-state index is -0.985. The van der Waals surface area contributed by atoms with Crippen LogP contribution in [0.1, 0.15) is 45.3 Å². The maximum Gasteiger partial charge on any atom is 0.329 e. The number of hydrogen-bond acceptors (Lipinski definition) is 6. The van der Waals surface area contributed by atoms with Crippen molar-refractivity contribution < 1.29 is 19.1 Å². The number of thiazole rings is 1. The Labute approximate surface area is 143 Å². The Morgan fingerprint density at radius 2 is 1.88 bits per heavy atom. The summed E-state index contributed by atoms with van der Waals surface area (Å²) >= 11 is 1.51. The average Bonchev–Trinajstić information content (AvgIpc) is 3.16. The number of carbonyl (C=O) groups is 3. The van der Waals surface area contributed by atoms with Crippen molar-refractivity contribution in [1.29, 1.82) is 0 Å². The third-order valence-corrected chi connectivity index (χ3v) is 4.86. The molecule has 1 aromatic carbocycles. The van der Waals surface area contributed by atoms with Gasteiger partial charge in [-0.25, -0.2) is 9.78 Å². The first-order valence-corrected chi connectivity index (χ1v) is 8.47. The molecule has 0 bridgehead atoms. The highest BCUT2D eigenvalue weighted by Crippen LogP contribution is 2.25. The third kappa shape index (κ3) is 2.82. The van der Waals surface area contributed by atoms with Gasteiger partial charge in [-0.3, -0.25) is 14.5 Å². The lowest BCUT2D eigenvalue weighted by Crippen LogP contribution is -2.43. The van der Waals surface area contributed by atoms with Crippen LogP contribution in [0, 0.1) is 0 Å². The number of aromatic nitrogens is 1. The number of ether oxygens (including phenoxy) is 1.